The Labute approximate surface area is 213 Å². The highest BCUT2D eigenvalue weighted by atomic mass is 35.5. The van der Waals surface area contributed by atoms with Crippen LogP contribution in [0, 0.1) is 0 Å². The molecule has 0 saturated heterocycles. The van der Waals surface area contributed by atoms with E-state index in [4.69, 9.17) is 32.7 Å². The molecule has 0 aliphatic carbocycles. The molecule has 3 rings (SSSR count). The van der Waals surface area contributed by atoms with Gasteiger partial charge in [0.25, 0.3) is 11.8 Å². The van der Waals surface area contributed by atoms with Gasteiger partial charge in [0, 0.05) is 10.6 Å². The summed E-state index contributed by atoms with van der Waals surface area (Å²) >= 11 is 11.6. The smallest absolute Gasteiger partial charge is 0.417 e. The zero-order chi connectivity index (χ0) is 26.5. The molecule has 0 aromatic heterocycles. The molecule has 0 radical (unpaired) electrons. The Morgan fingerprint density at radius 3 is 2.31 bits per heavy atom. The summed E-state index contributed by atoms with van der Waals surface area (Å²) in [7, 11) is 2.89. The molecule has 0 fully saturated rings. The summed E-state index contributed by atoms with van der Waals surface area (Å²) in [5.74, 6) is -0.538. The second-order valence-corrected chi connectivity index (χ2v) is 7.99. The maximum Gasteiger partial charge on any atom is 0.417 e. The third kappa shape index (κ3) is 6.46. The second kappa shape index (κ2) is 11.3. The number of alkyl halides is 3. The van der Waals surface area contributed by atoms with Crippen molar-refractivity contribution in [2.24, 2.45) is 5.10 Å². The first kappa shape index (κ1) is 26.8. The quantitative estimate of drug-likeness (QED) is 0.282. The minimum atomic E-state index is -4.65. The van der Waals surface area contributed by atoms with Gasteiger partial charge in [-0.25, -0.2) is 5.43 Å². The minimum absolute atomic E-state index is 0.0273. The van der Waals surface area contributed by atoms with E-state index in [1.807, 2.05) is 0 Å². The second-order valence-electron chi connectivity index (χ2n) is 7.15. The highest BCUT2D eigenvalue weighted by molar-refractivity contribution is 6.31. The molecule has 3 aromatic rings. The largest absolute Gasteiger partial charge is 0.493 e. The summed E-state index contributed by atoms with van der Waals surface area (Å²) in [6.07, 6.45) is -3.62. The zero-order valence-corrected chi connectivity index (χ0v) is 20.3. The van der Waals surface area contributed by atoms with E-state index in [0.717, 1.165) is 18.3 Å². The molecular weight excluding hydrogens is 522 g/mol. The first-order valence-corrected chi connectivity index (χ1v) is 10.8. The number of hydrogen-bond acceptors (Lipinski definition) is 5. The SMILES string of the molecule is COc1ccc(C(=O)Nc2ccc(Cl)cc2C(=O)NN=Cc2ccc(Cl)c(C(F)(F)F)c2)cc1OC. The number of hydrazone groups is 1. The summed E-state index contributed by atoms with van der Waals surface area (Å²) in [5, 5.41) is 6.06. The first-order valence-electron chi connectivity index (χ1n) is 10.1. The molecule has 0 atom stereocenters. The lowest BCUT2D eigenvalue weighted by Crippen LogP contribution is -2.21. The molecule has 188 valence electrons. The molecule has 0 bridgehead atoms. The van der Waals surface area contributed by atoms with Crippen molar-refractivity contribution in [1.29, 1.82) is 0 Å². The van der Waals surface area contributed by atoms with Crippen LogP contribution < -0.4 is 20.2 Å². The predicted molar refractivity (Wildman–Crippen MR) is 130 cm³/mol. The molecule has 7 nitrogen and oxygen atoms in total. The Balaban J connectivity index is 1.79. The number of ether oxygens (including phenoxy) is 2. The van der Waals surface area contributed by atoms with E-state index in [0.29, 0.717) is 11.5 Å². The minimum Gasteiger partial charge on any atom is -0.493 e. The van der Waals surface area contributed by atoms with Crippen molar-refractivity contribution in [3.05, 3.63) is 86.9 Å². The number of benzene rings is 3. The van der Waals surface area contributed by atoms with Crippen LogP contribution in [0.1, 0.15) is 31.8 Å². The number of carbonyl (C=O) groups is 2. The summed E-state index contributed by atoms with van der Waals surface area (Å²) in [6.45, 7) is 0. The van der Waals surface area contributed by atoms with Crippen LogP contribution in [0.4, 0.5) is 18.9 Å². The molecular formula is C24H18Cl2F3N3O4. The van der Waals surface area contributed by atoms with Gasteiger partial charge in [-0.1, -0.05) is 29.3 Å². The van der Waals surface area contributed by atoms with E-state index in [2.05, 4.69) is 15.8 Å². The maximum atomic E-state index is 13.0. The average Bonchev–Trinajstić information content (AvgIpc) is 2.84. The third-order valence-corrected chi connectivity index (χ3v) is 5.36. The van der Waals surface area contributed by atoms with E-state index in [-0.39, 0.29) is 27.4 Å². The average molecular weight is 540 g/mol. The van der Waals surface area contributed by atoms with Crippen molar-refractivity contribution in [2.45, 2.75) is 6.18 Å². The van der Waals surface area contributed by atoms with E-state index in [9.17, 15) is 22.8 Å². The zero-order valence-electron chi connectivity index (χ0n) is 18.7. The normalized spacial score (nSPS) is 11.3. The summed E-state index contributed by atoms with van der Waals surface area (Å²) in [4.78, 5) is 25.5. The van der Waals surface area contributed by atoms with Crippen LogP contribution in [-0.2, 0) is 6.18 Å². The number of amides is 2. The molecule has 0 aliphatic rings. The number of hydrogen-bond donors (Lipinski definition) is 2. The maximum absolute atomic E-state index is 13.0. The van der Waals surface area contributed by atoms with Gasteiger partial charge in [-0.15, -0.1) is 0 Å². The molecule has 36 heavy (non-hydrogen) atoms. The third-order valence-electron chi connectivity index (χ3n) is 4.80. The molecule has 12 heteroatoms. The fourth-order valence-electron chi connectivity index (χ4n) is 3.05. The number of halogens is 5. The molecule has 2 N–H and O–H groups in total. The monoisotopic (exact) mass is 539 g/mol. The van der Waals surface area contributed by atoms with E-state index in [1.165, 1.54) is 50.6 Å². The Morgan fingerprint density at radius 1 is 0.917 bits per heavy atom. The van der Waals surface area contributed by atoms with Gasteiger partial charge < -0.3 is 14.8 Å². The lowest BCUT2D eigenvalue weighted by molar-refractivity contribution is -0.137. The van der Waals surface area contributed by atoms with Gasteiger partial charge in [0.05, 0.1) is 42.3 Å². The van der Waals surface area contributed by atoms with Gasteiger partial charge in [0.2, 0.25) is 0 Å². The Morgan fingerprint density at radius 2 is 1.64 bits per heavy atom. The van der Waals surface area contributed by atoms with Gasteiger partial charge in [0.1, 0.15) is 0 Å². The standard InChI is InChI=1S/C24H18Cl2F3N3O4/c1-35-20-8-4-14(10-21(20)36-2)22(33)31-19-7-5-15(25)11-16(19)23(34)32-30-12-13-3-6-18(26)17(9-13)24(27,28)29/h3-12H,1-2H3,(H,31,33)(H,32,34). The van der Waals surface area contributed by atoms with Crippen LogP contribution in [0.25, 0.3) is 0 Å². The molecule has 2 amide bonds. The van der Waals surface area contributed by atoms with Crippen LogP contribution in [-0.4, -0.2) is 32.2 Å². The fraction of sp³-hybridized carbons (Fsp3) is 0.125. The number of methoxy groups -OCH3 is 2. The predicted octanol–water partition coefficient (Wildman–Crippen LogP) is 6.05. The molecule has 0 heterocycles. The number of carbonyl (C=O) groups excluding carboxylic acids is 2. The van der Waals surface area contributed by atoms with E-state index >= 15 is 0 Å². The van der Waals surface area contributed by atoms with Gasteiger partial charge in [0.15, 0.2) is 11.5 Å². The van der Waals surface area contributed by atoms with E-state index in [1.54, 1.807) is 6.07 Å². The highest BCUT2D eigenvalue weighted by Gasteiger charge is 2.33. The number of anilines is 1. The lowest BCUT2D eigenvalue weighted by atomic mass is 10.1. The molecule has 0 spiro atoms. The Kier molecular flexibility index (Phi) is 8.44. The molecule has 0 aliphatic heterocycles. The number of nitrogens with zero attached hydrogens (tertiary/aromatic N) is 1. The van der Waals surface area contributed by atoms with Crippen LogP contribution in [0.5, 0.6) is 11.5 Å². The number of rotatable bonds is 7. The van der Waals surface area contributed by atoms with Crippen LogP contribution >= 0.6 is 23.2 Å². The van der Waals surface area contributed by atoms with Crippen molar-refractivity contribution >= 4 is 46.9 Å². The topological polar surface area (TPSA) is 89.0 Å². The Bertz CT molecular complexity index is 1330. The van der Waals surface area contributed by atoms with Crippen LogP contribution in [0.15, 0.2) is 59.7 Å². The highest BCUT2D eigenvalue weighted by Crippen LogP contribution is 2.35. The van der Waals surface area contributed by atoms with Crippen molar-refractivity contribution in [1.82, 2.24) is 5.43 Å². The van der Waals surface area contributed by atoms with Crippen molar-refractivity contribution < 1.29 is 32.2 Å². The van der Waals surface area contributed by atoms with Gasteiger partial charge >= 0.3 is 6.18 Å². The summed E-state index contributed by atoms with van der Waals surface area (Å²) in [6, 6.07) is 11.9. The number of nitrogens with one attached hydrogen (secondary N) is 2. The van der Waals surface area contributed by atoms with Gasteiger partial charge in [-0.3, -0.25) is 9.59 Å². The lowest BCUT2D eigenvalue weighted by Gasteiger charge is -2.12. The van der Waals surface area contributed by atoms with Crippen LogP contribution in [0.2, 0.25) is 10.0 Å². The van der Waals surface area contributed by atoms with Gasteiger partial charge in [-0.05, 0) is 54.1 Å². The van der Waals surface area contributed by atoms with Crippen molar-refractivity contribution in [3.63, 3.8) is 0 Å². The fourth-order valence-corrected chi connectivity index (χ4v) is 3.45. The van der Waals surface area contributed by atoms with Crippen molar-refractivity contribution in [2.75, 3.05) is 19.5 Å². The van der Waals surface area contributed by atoms with E-state index < -0.39 is 28.6 Å². The van der Waals surface area contributed by atoms with Crippen molar-refractivity contribution in [3.8, 4) is 11.5 Å². The Hall–Kier alpha value is -3.76. The molecule has 0 unspecified atom stereocenters. The summed E-state index contributed by atoms with van der Waals surface area (Å²) in [5.41, 5.74) is 1.55. The molecule has 3 aromatic carbocycles. The first-order chi connectivity index (χ1) is 17.0. The van der Waals surface area contributed by atoms with Gasteiger partial charge in [-0.2, -0.15) is 18.3 Å². The molecule has 0 saturated carbocycles. The van der Waals surface area contributed by atoms with Crippen LogP contribution in [0.3, 0.4) is 0 Å². The summed E-state index contributed by atoms with van der Waals surface area (Å²) < 4.78 is 49.4.